The minimum atomic E-state index is -0.0424. The van der Waals surface area contributed by atoms with Crippen molar-refractivity contribution in [3.63, 3.8) is 0 Å². The van der Waals surface area contributed by atoms with Gasteiger partial charge in [-0.1, -0.05) is 48.2 Å². The third-order valence-electron chi connectivity index (χ3n) is 4.09. The van der Waals surface area contributed by atoms with Crippen molar-refractivity contribution in [3.8, 4) is 11.3 Å². The number of thioether (sulfide) groups is 1. The highest BCUT2D eigenvalue weighted by atomic mass is 32.2. The van der Waals surface area contributed by atoms with Crippen LogP contribution in [0.15, 0.2) is 53.5 Å². The van der Waals surface area contributed by atoms with Crippen molar-refractivity contribution >= 4 is 34.1 Å². The minimum absolute atomic E-state index is 0.0424. The van der Waals surface area contributed by atoms with E-state index in [-0.39, 0.29) is 11.7 Å². The van der Waals surface area contributed by atoms with Gasteiger partial charge in [0.05, 0.1) is 17.5 Å². The van der Waals surface area contributed by atoms with E-state index in [9.17, 15) is 4.79 Å². The highest BCUT2D eigenvalue weighted by Gasteiger charge is 2.28. The fourth-order valence-corrected chi connectivity index (χ4v) is 4.26. The van der Waals surface area contributed by atoms with E-state index in [1.807, 2.05) is 40.4 Å². The summed E-state index contributed by atoms with van der Waals surface area (Å²) in [7, 11) is 0. The second-order valence-corrected chi connectivity index (χ2v) is 7.88. The number of carbonyl (C=O) groups is 1. The summed E-state index contributed by atoms with van der Waals surface area (Å²) in [5.74, 6) is 0.209. The molecule has 7 nitrogen and oxygen atoms in total. The molecule has 0 bridgehead atoms. The lowest BCUT2D eigenvalue weighted by molar-refractivity contribution is -0.116. The number of nitrogens with zero attached hydrogens (tertiary/aromatic N) is 6. The molecule has 1 aliphatic carbocycles. The molecule has 2 aromatic heterocycles. The lowest BCUT2D eigenvalue weighted by atomic mass is 10.2. The topological polar surface area (TPSA) is 76.8 Å². The van der Waals surface area contributed by atoms with Crippen LogP contribution in [0.3, 0.4) is 0 Å². The fourth-order valence-electron chi connectivity index (χ4n) is 2.58. The molecule has 0 radical (unpaired) electrons. The van der Waals surface area contributed by atoms with Crippen LogP contribution < -0.4 is 4.90 Å². The van der Waals surface area contributed by atoms with Gasteiger partial charge in [0, 0.05) is 17.5 Å². The molecule has 0 unspecified atom stereocenters. The summed E-state index contributed by atoms with van der Waals surface area (Å²) in [6.45, 7) is 4.18. The summed E-state index contributed by atoms with van der Waals surface area (Å²) < 4.78 is 1.81. The van der Waals surface area contributed by atoms with Gasteiger partial charge in [-0.3, -0.25) is 9.69 Å². The number of amides is 1. The van der Waals surface area contributed by atoms with Gasteiger partial charge in [-0.15, -0.1) is 23.0 Å². The molecule has 3 aromatic rings. The Hall–Kier alpha value is -2.52. The van der Waals surface area contributed by atoms with Crippen LogP contribution >= 0.6 is 23.1 Å². The van der Waals surface area contributed by atoms with Crippen LogP contribution in [-0.4, -0.2) is 43.4 Å². The number of anilines is 1. The molecule has 138 valence electrons. The summed E-state index contributed by atoms with van der Waals surface area (Å²) in [5.41, 5.74) is 1.90. The molecule has 0 aliphatic heterocycles. The van der Waals surface area contributed by atoms with Crippen molar-refractivity contribution in [1.82, 2.24) is 25.2 Å². The summed E-state index contributed by atoms with van der Waals surface area (Å²) in [4.78, 5) is 19.1. The van der Waals surface area contributed by atoms with E-state index in [1.165, 1.54) is 23.1 Å². The van der Waals surface area contributed by atoms with Crippen molar-refractivity contribution in [3.05, 3.63) is 48.4 Å². The van der Waals surface area contributed by atoms with E-state index in [1.54, 1.807) is 11.0 Å². The van der Waals surface area contributed by atoms with Crippen molar-refractivity contribution in [2.24, 2.45) is 0 Å². The zero-order valence-electron chi connectivity index (χ0n) is 14.6. The monoisotopic (exact) mass is 398 g/mol. The Kier molecular flexibility index (Phi) is 5.30. The lowest BCUT2D eigenvalue weighted by Crippen LogP contribution is -2.32. The number of aromatic nitrogens is 5. The fraction of sp³-hybridized carbons (Fsp3) is 0.278. The molecule has 1 amide bonds. The van der Waals surface area contributed by atoms with Crippen molar-refractivity contribution in [2.45, 2.75) is 24.0 Å². The van der Waals surface area contributed by atoms with Crippen LogP contribution in [-0.2, 0) is 4.79 Å². The number of carbonyl (C=O) groups excluding carboxylic acids is 1. The second-order valence-electron chi connectivity index (χ2n) is 6.10. The molecule has 1 fully saturated rings. The molecular formula is C18H18N6OS2. The van der Waals surface area contributed by atoms with E-state index in [4.69, 9.17) is 0 Å². The summed E-state index contributed by atoms with van der Waals surface area (Å²) in [5, 5.41) is 15.1. The smallest absolute Gasteiger partial charge is 0.239 e. The molecular weight excluding hydrogens is 380 g/mol. The van der Waals surface area contributed by atoms with Gasteiger partial charge in [-0.25, -0.2) is 9.67 Å². The van der Waals surface area contributed by atoms with Gasteiger partial charge in [0.15, 0.2) is 5.13 Å². The highest BCUT2D eigenvalue weighted by molar-refractivity contribution is 7.99. The number of hydrogen-bond donors (Lipinski definition) is 0. The Labute approximate surface area is 165 Å². The summed E-state index contributed by atoms with van der Waals surface area (Å²) >= 11 is 2.81. The van der Waals surface area contributed by atoms with Crippen LogP contribution in [0.25, 0.3) is 11.3 Å². The Morgan fingerprint density at radius 2 is 2.19 bits per heavy atom. The van der Waals surface area contributed by atoms with E-state index in [2.05, 4.69) is 27.1 Å². The van der Waals surface area contributed by atoms with Crippen LogP contribution in [0.5, 0.6) is 0 Å². The maximum absolute atomic E-state index is 12.8. The van der Waals surface area contributed by atoms with Crippen LogP contribution in [0.4, 0.5) is 5.13 Å². The first kappa shape index (κ1) is 17.9. The van der Waals surface area contributed by atoms with Crippen LogP contribution in [0, 0.1) is 0 Å². The largest absolute Gasteiger partial charge is 0.284 e. The summed E-state index contributed by atoms with van der Waals surface area (Å²) in [6.07, 6.45) is 3.90. The van der Waals surface area contributed by atoms with Gasteiger partial charge in [-0.2, -0.15) is 0 Å². The molecule has 0 saturated heterocycles. The molecule has 4 rings (SSSR count). The average Bonchev–Trinajstić information content (AvgIpc) is 3.24. The van der Waals surface area contributed by atoms with Crippen molar-refractivity contribution < 1.29 is 4.79 Å². The van der Waals surface area contributed by atoms with Gasteiger partial charge in [0.2, 0.25) is 11.1 Å². The molecule has 1 saturated carbocycles. The van der Waals surface area contributed by atoms with Crippen LogP contribution in [0.1, 0.15) is 18.9 Å². The third kappa shape index (κ3) is 4.09. The number of rotatable bonds is 8. The maximum atomic E-state index is 12.8. The number of thiazole rings is 1. The SMILES string of the molecule is C=CCN(C(=O)CSc1nnnn1C1CC1)c1nc(-c2ccccc2)cs1. The molecule has 1 aliphatic rings. The first-order valence-electron chi connectivity index (χ1n) is 8.59. The van der Waals surface area contributed by atoms with Gasteiger partial charge >= 0.3 is 0 Å². The van der Waals surface area contributed by atoms with E-state index in [0.717, 1.165) is 24.1 Å². The predicted octanol–water partition coefficient (Wildman–Crippen LogP) is 3.44. The number of tetrazole rings is 1. The van der Waals surface area contributed by atoms with Gasteiger partial charge in [-0.05, 0) is 23.3 Å². The first-order chi connectivity index (χ1) is 13.3. The number of hydrogen-bond acceptors (Lipinski definition) is 7. The average molecular weight is 399 g/mol. The maximum Gasteiger partial charge on any atom is 0.239 e. The Bertz CT molecular complexity index is 934. The lowest BCUT2D eigenvalue weighted by Gasteiger charge is -2.17. The molecule has 27 heavy (non-hydrogen) atoms. The zero-order valence-corrected chi connectivity index (χ0v) is 16.2. The Balaban J connectivity index is 1.47. The molecule has 0 spiro atoms. The molecule has 2 heterocycles. The molecule has 9 heteroatoms. The standard InChI is InChI=1S/C18H18N6OS2/c1-2-10-23(17-19-15(11-26-17)13-6-4-3-5-7-13)16(25)12-27-18-20-21-22-24(18)14-8-9-14/h2-7,11,14H,1,8-10,12H2. The molecule has 0 N–H and O–H groups in total. The number of benzene rings is 1. The quantitative estimate of drug-likeness (QED) is 0.427. The molecule has 0 atom stereocenters. The van der Waals surface area contributed by atoms with Gasteiger partial charge < -0.3 is 0 Å². The van der Waals surface area contributed by atoms with E-state index < -0.39 is 0 Å². The van der Waals surface area contributed by atoms with Crippen molar-refractivity contribution in [2.75, 3.05) is 17.2 Å². The predicted molar refractivity (Wildman–Crippen MR) is 107 cm³/mol. The first-order valence-corrected chi connectivity index (χ1v) is 10.5. The highest BCUT2D eigenvalue weighted by Crippen LogP contribution is 2.36. The molecule has 1 aromatic carbocycles. The Morgan fingerprint density at radius 3 is 2.93 bits per heavy atom. The zero-order chi connectivity index (χ0) is 18.6. The van der Waals surface area contributed by atoms with Crippen molar-refractivity contribution in [1.29, 1.82) is 0 Å². The normalized spacial score (nSPS) is 13.5. The van der Waals surface area contributed by atoms with Crippen LogP contribution in [0.2, 0.25) is 0 Å². The van der Waals surface area contributed by atoms with Gasteiger partial charge in [0.1, 0.15) is 0 Å². The van der Waals surface area contributed by atoms with E-state index in [0.29, 0.717) is 22.9 Å². The Morgan fingerprint density at radius 1 is 1.37 bits per heavy atom. The summed E-state index contributed by atoms with van der Waals surface area (Å²) in [6, 6.07) is 10.3. The van der Waals surface area contributed by atoms with Gasteiger partial charge in [0.25, 0.3) is 0 Å². The minimum Gasteiger partial charge on any atom is -0.284 e. The van der Waals surface area contributed by atoms with E-state index >= 15 is 0 Å². The third-order valence-corrected chi connectivity index (χ3v) is 5.87. The second kappa shape index (κ2) is 8.01.